The smallest absolute Gasteiger partial charge is 0.305 e. The van der Waals surface area contributed by atoms with E-state index in [2.05, 4.69) is 0 Å². The maximum Gasteiger partial charge on any atom is 0.305 e. The zero-order valence-corrected chi connectivity index (χ0v) is 13.4. The van der Waals surface area contributed by atoms with Crippen molar-refractivity contribution in [1.29, 1.82) is 0 Å². The van der Waals surface area contributed by atoms with Crippen molar-refractivity contribution >= 4 is 11.9 Å². The van der Waals surface area contributed by atoms with E-state index in [-0.39, 0.29) is 24.9 Å². The lowest BCUT2D eigenvalue weighted by atomic mass is 10.2. The monoisotopic (exact) mass is 309 g/mol. The van der Waals surface area contributed by atoms with Gasteiger partial charge in [0.2, 0.25) is 0 Å². The van der Waals surface area contributed by atoms with Gasteiger partial charge in [0.15, 0.2) is 6.10 Å². The first-order valence-corrected chi connectivity index (χ1v) is 7.18. The molecular weight excluding hydrogens is 286 g/mol. The van der Waals surface area contributed by atoms with Crippen LogP contribution < -0.4 is 9.47 Å². The van der Waals surface area contributed by atoms with E-state index in [1.807, 2.05) is 13.8 Å². The molecule has 0 bridgehead atoms. The molecule has 0 radical (unpaired) electrons. The van der Waals surface area contributed by atoms with E-state index < -0.39 is 12.1 Å². The van der Waals surface area contributed by atoms with Gasteiger partial charge in [0.05, 0.1) is 13.5 Å². The van der Waals surface area contributed by atoms with Crippen molar-refractivity contribution in [3.63, 3.8) is 0 Å². The van der Waals surface area contributed by atoms with E-state index in [0.717, 1.165) is 0 Å². The molecule has 1 unspecified atom stereocenters. The molecular formula is C16H23NO5. The van der Waals surface area contributed by atoms with Gasteiger partial charge >= 0.3 is 5.97 Å². The van der Waals surface area contributed by atoms with Gasteiger partial charge in [-0.1, -0.05) is 0 Å². The van der Waals surface area contributed by atoms with Crippen molar-refractivity contribution in [2.45, 2.75) is 39.3 Å². The molecule has 1 aromatic carbocycles. The first kappa shape index (κ1) is 17.8. The lowest BCUT2D eigenvalue weighted by Gasteiger charge is -2.29. The summed E-state index contributed by atoms with van der Waals surface area (Å²) in [4.78, 5) is 24.6. The summed E-state index contributed by atoms with van der Waals surface area (Å²) < 4.78 is 10.7. The number of ether oxygens (including phenoxy) is 2. The van der Waals surface area contributed by atoms with E-state index in [0.29, 0.717) is 11.5 Å². The summed E-state index contributed by atoms with van der Waals surface area (Å²) in [6.07, 6.45) is -0.774. The molecule has 0 aliphatic heterocycles. The van der Waals surface area contributed by atoms with Crippen molar-refractivity contribution in [3.8, 4) is 11.5 Å². The molecule has 1 rings (SSSR count). The highest BCUT2D eigenvalue weighted by Gasteiger charge is 2.24. The molecule has 122 valence electrons. The normalized spacial score (nSPS) is 11.9. The van der Waals surface area contributed by atoms with Gasteiger partial charge in [0.25, 0.3) is 5.91 Å². The predicted molar refractivity (Wildman–Crippen MR) is 82.2 cm³/mol. The standard InChI is InChI=1S/C16H23NO5/c1-11(2)17(10-9-15(18)19)16(20)12(3)22-14-7-5-13(21-4)6-8-14/h5-8,11-12H,9-10H2,1-4H3,(H,18,19). The minimum Gasteiger partial charge on any atom is -0.497 e. The Morgan fingerprint density at radius 1 is 1.14 bits per heavy atom. The van der Waals surface area contributed by atoms with Crippen LogP contribution in [0.4, 0.5) is 0 Å². The van der Waals surface area contributed by atoms with Crippen molar-refractivity contribution in [3.05, 3.63) is 24.3 Å². The molecule has 0 aliphatic rings. The van der Waals surface area contributed by atoms with Gasteiger partial charge in [0, 0.05) is 12.6 Å². The number of carboxylic acid groups (broad SMARTS) is 1. The number of methoxy groups -OCH3 is 1. The molecule has 1 atom stereocenters. The van der Waals surface area contributed by atoms with E-state index in [1.54, 1.807) is 38.3 Å². The van der Waals surface area contributed by atoms with Crippen LogP contribution in [0.5, 0.6) is 11.5 Å². The van der Waals surface area contributed by atoms with E-state index in [1.165, 1.54) is 4.90 Å². The number of hydrogen-bond donors (Lipinski definition) is 1. The van der Waals surface area contributed by atoms with Gasteiger partial charge < -0.3 is 19.5 Å². The van der Waals surface area contributed by atoms with Crippen molar-refractivity contribution < 1.29 is 24.2 Å². The van der Waals surface area contributed by atoms with Crippen LogP contribution in [0.25, 0.3) is 0 Å². The van der Waals surface area contributed by atoms with Crippen LogP contribution in [0.3, 0.4) is 0 Å². The fraction of sp³-hybridized carbons (Fsp3) is 0.500. The number of aliphatic carboxylic acids is 1. The maximum absolute atomic E-state index is 12.4. The number of hydrogen-bond acceptors (Lipinski definition) is 4. The summed E-state index contributed by atoms with van der Waals surface area (Å²) in [7, 11) is 1.57. The molecule has 0 spiro atoms. The zero-order chi connectivity index (χ0) is 16.7. The molecule has 0 aromatic heterocycles. The van der Waals surface area contributed by atoms with Crippen molar-refractivity contribution in [1.82, 2.24) is 4.90 Å². The van der Waals surface area contributed by atoms with Crippen LogP contribution in [0.1, 0.15) is 27.2 Å². The maximum atomic E-state index is 12.4. The highest BCUT2D eigenvalue weighted by Crippen LogP contribution is 2.19. The molecule has 0 saturated heterocycles. The second kappa shape index (κ2) is 8.26. The Morgan fingerprint density at radius 2 is 1.68 bits per heavy atom. The number of rotatable bonds is 8. The third-order valence-corrected chi connectivity index (χ3v) is 3.19. The second-order valence-electron chi connectivity index (χ2n) is 5.20. The Labute approximate surface area is 130 Å². The summed E-state index contributed by atoms with van der Waals surface area (Å²) in [5.74, 6) is 0.106. The predicted octanol–water partition coefficient (Wildman–Crippen LogP) is 2.17. The first-order chi connectivity index (χ1) is 10.3. The van der Waals surface area contributed by atoms with E-state index in [9.17, 15) is 9.59 Å². The van der Waals surface area contributed by atoms with E-state index in [4.69, 9.17) is 14.6 Å². The molecule has 0 heterocycles. The molecule has 1 amide bonds. The Balaban J connectivity index is 2.69. The number of benzene rings is 1. The quantitative estimate of drug-likeness (QED) is 0.796. The van der Waals surface area contributed by atoms with Gasteiger partial charge in [0.1, 0.15) is 11.5 Å². The summed E-state index contributed by atoms with van der Waals surface area (Å²) in [5, 5.41) is 8.77. The van der Waals surface area contributed by atoms with Gasteiger partial charge in [-0.3, -0.25) is 9.59 Å². The van der Waals surface area contributed by atoms with Crippen molar-refractivity contribution in [2.75, 3.05) is 13.7 Å². The first-order valence-electron chi connectivity index (χ1n) is 7.18. The van der Waals surface area contributed by atoms with Gasteiger partial charge in [-0.25, -0.2) is 0 Å². The number of amides is 1. The Hall–Kier alpha value is -2.24. The molecule has 6 nitrogen and oxygen atoms in total. The summed E-state index contributed by atoms with van der Waals surface area (Å²) in [5.41, 5.74) is 0. The van der Waals surface area contributed by atoms with Crippen LogP contribution >= 0.6 is 0 Å². The number of carboxylic acids is 1. The highest BCUT2D eigenvalue weighted by molar-refractivity contribution is 5.81. The molecule has 1 aromatic rings. The topological polar surface area (TPSA) is 76.1 Å². The summed E-state index contributed by atoms with van der Waals surface area (Å²) >= 11 is 0. The molecule has 22 heavy (non-hydrogen) atoms. The van der Waals surface area contributed by atoms with Gasteiger partial charge in [-0.15, -0.1) is 0 Å². The number of carbonyl (C=O) groups is 2. The molecule has 1 N–H and O–H groups in total. The van der Waals surface area contributed by atoms with Crippen LogP contribution in [-0.4, -0.2) is 47.7 Å². The fourth-order valence-corrected chi connectivity index (χ4v) is 1.98. The Bertz CT molecular complexity index is 498. The Kier molecular flexibility index (Phi) is 6.69. The fourth-order valence-electron chi connectivity index (χ4n) is 1.98. The average molecular weight is 309 g/mol. The lowest BCUT2D eigenvalue weighted by Crippen LogP contribution is -2.45. The lowest BCUT2D eigenvalue weighted by molar-refractivity contribution is -0.142. The molecule has 0 saturated carbocycles. The van der Waals surface area contributed by atoms with Crippen LogP contribution in [0.2, 0.25) is 0 Å². The highest BCUT2D eigenvalue weighted by atomic mass is 16.5. The largest absolute Gasteiger partial charge is 0.497 e. The van der Waals surface area contributed by atoms with Gasteiger partial charge in [-0.2, -0.15) is 0 Å². The van der Waals surface area contributed by atoms with Gasteiger partial charge in [-0.05, 0) is 45.0 Å². The third kappa shape index (κ3) is 5.27. The summed E-state index contributed by atoms with van der Waals surface area (Å²) in [6, 6.07) is 6.85. The van der Waals surface area contributed by atoms with Crippen LogP contribution in [0.15, 0.2) is 24.3 Å². The second-order valence-corrected chi connectivity index (χ2v) is 5.20. The summed E-state index contributed by atoms with van der Waals surface area (Å²) in [6.45, 7) is 5.52. The average Bonchev–Trinajstić information content (AvgIpc) is 2.47. The van der Waals surface area contributed by atoms with Crippen LogP contribution in [-0.2, 0) is 9.59 Å². The SMILES string of the molecule is COc1ccc(OC(C)C(=O)N(CCC(=O)O)C(C)C)cc1. The third-order valence-electron chi connectivity index (χ3n) is 3.19. The minimum absolute atomic E-state index is 0.0842. The number of nitrogens with zero attached hydrogens (tertiary/aromatic N) is 1. The van der Waals surface area contributed by atoms with E-state index >= 15 is 0 Å². The Morgan fingerprint density at radius 3 is 2.14 bits per heavy atom. The molecule has 0 fully saturated rings. The van der Waals surface area contributed by atoms with Crippen LogP contribution in [0, 0.1) is 0 Å². The molecule has 0 aliphatic carbocycles. The van der Waals surface area contributed by atoms with Crippen molar-refractivity contribution in [2.24, 2.45) is 0 Å². The zero-order valence-electron chi connectivity index (χ0n) is 13.4. The molecule has 6 heteroatoms. The minimum atomic E-state index is -0.929. The number of carbonyl (C=O) groups excluding carboxylic acids is 1.